The summed E-state index contributed by atoms with van der Waals surface area (Å²) < 4.78 is 46.6. The third kappa shape index (κ3) is 4.75. The molecule has 2 N–H and O–H groups in total. The Hall–Kier alpha value is -0.100. The maximum Gasteiger partial charge on any atom is 0.474 e. The Morgan fingerprint density at radius 2 is 1.90 bits per heavy atom. The molecule has 0 aliphatic rings. The predicted molar refractivity (Wildman–Crippen MR) is 24.1 cm³/mol. The Kier molecular flexibility index (Phi) is 2.85. The van der Waals surface area contributed by atoms with Crippen LogP contribution in [0.3, 0.4) is 0 Å². The van der Waals surface area contributed by atoms with Gasteiger partial charge in [-0.05, 0) is 0 Å². The minimum Gasteiger partial charge on any atom is -0.303 e. The normalized spacial score (nSPS) is 13.7. The van der Waals surface area contributed by atoms with Crippen molar-refractivity contribution in [1.29, 1.82) is 0 Å². The molecule has 0 amide bonds. The van der Waals surface area contributed by atoms with Gasteiger partial charge in [-0.25, -0.2) is 13.5 Å². The van der Waals surface area contributed by atoms with Gasteiger partial charge in [0.2, 0.25) is 0 Å². The number of hydrogen-bond acceptors (Lipinski definition) is 2. The van der Waals surface area contributed by atoms with E-state index in [4.69, 9.17) is 9.79 Å². The van der Waals surface area contributed by atoms with Gasteiger partial charge in [-0.1, -0.05) is 0 Å². The van der Waals surface area contributed by atoms with Gasteiger partial charge in [-0.15, -0.1) is 0 Å². The molecule has 0 aromatic rings. The Bertz CT molecular complexity index is 153. The van der Waals surface area contributed by atoms with Crippen LogP contribution in [-0.4, -0.2) is 22.6 Å². The summed E-state index contributed by atoms with van der Waals surface area (Å²) >= 11 is 0. The summed E-state index contributed by atoms with van der Waals surface area (Å²) in [7, 11) is -5.29. The Labute approximate surface area is 53.9 Å². The topological polar surface area (TPSA) is 66.8 Å². The second kappa shape index (κ2) is 2.87. The van der Waals surface area contributed by atoms with Crippen molar-refractivity contribution in [3.05, 3.63) is 0 Å². The van der Waals surface area contributed by atoms with Gasteiger partial charge in [0.1, 0.15) is 0 Å². The number of halogens is 3. The molecule has 10 heavy (non-hydrogen) atoms. The lowest BCUT2D eigenvalue weighted by atomic mass is 10.7. The SMILES string of the molecule is O=P(O)(O)OC(F)(F)CF. The standard InChI is InChI=1S/C2H4F3O4P/c3-1-2(4,5)9-10(6,7)8/h1H2,(H2,6,7,8). The fourth-order valence-corrected chi connectivity index (χ4v) is 0.595. The summed E-state index contributed by atoms with van der Waals surface area (Å²) in [6, 6.07) is 0. The molecule has 4 nitrogen and oxygen atoms in total. The maximum atomic E-state index is 11.6. The van der Waals surface area contributed by atoms with Crippen LogP contribution in [0.2, 0.25) is 0 Å². The fraction of sp³-hybridized carbons (Fsp3) is 1.00. The first-order valence-corrected chi connectivity index (χ1v) is 3.50. The summed E-state index contributed by atoms with van der Waals surface area (Å²) in [5, 5.41) is 0. The van der Waals surface area contributed by atoms with Gasteiger partial charge in [-0.3, -0.25) is 0 Å². The Morgan fingerprint density at radius 1 is 1.50 bits per heavy atom. The summed E-state index contributed by atoms with van der Waals surface area (Å²) in [6.45, 7) is -2.27. The lowest BCUT2D eigenvalue weighted by Crippen LogP contribution is -2.21. The molecule has 0 aliphatic carbocycles. The lowest BCUT2D eigenvalue weighted by molar-refractivity contribution is -0.196. The molecule has 0 rings (SSSR count). The molecular formula is C2H4F3O4P. The number of hydrogen-bond donors (Lipinski definition) is 2. The van der Waals surface area contributed by atoms with Crippen molar-refractivity contribution in [2.24, 2.45) is 0 Å². The van der Waals surface area contributed by atoms with E-state index in [1.54, 1.807) is 0 Å². The third-order valence-electron chi connectivity index (χ3n) is 0.408. The summed E-state index contributed by atoms with van der Waals surface area (Å²) in [6.07, 6.45) is -4.40. The van der Waals surface area contributed by atoms with Crippen LogP contribution >= 0.6 is 7.82 Å². The highest BCUT2D eigenvalue weighted by Gasteiger charge is 2.38. The predicted octanol–water partition coefficient (Wildman–Crippen LogP) is 0.658. The second-order valence-electron chi connectivity index (χ2n) is 1.35. The van der Waals surface area contributed by atoms with Gasteiger partial charge < -0.3 is 9.79 Å². The molecule has 0 atom stereocenters. The van der Waals surface area contributed by atoms with Crippen molar-refractivity contribution in [2.45, 2.75) is 6.11 Å². The van der Waals surface area contributed by atoms with Gasteiger partial charge >= 0.3 is 13.9 Å². The minimum absolute atomic E-state index is 2.27. The molecule has 0 aliphatic heterocycles. The smallest absolute Gasteiger partial charge is 0.303 e. The largest absolute Gasteiger partial charge is 0.474 e. The molecule has 0 saturated heterocycles. The van der Waals surface area contributed by atoms with E-state index in [1.807, 2.05) is 0 Å². The van der Waals surface area contributed by atoms with Crippen LogP contribution in [0.1, 0.15) is 0 Å². The molecule has 0 aromatic heterocycles. The highest BCUT2D eigenvalue weighted by molar-refractivity contribution is 7.46. The molecule has 62 valence electrons. The van der Waals surface area contributed by atoms with Crippen molar-refractivity contribution >= 4 is 7.82 Å². The van der Waals surface area contributed by atoms with Gasteiger partial charge in [0, 0.05) is 0 Å². The van der Waals surface area contributed by atoms with Crippen molar-refractivity contribution < 1.29 is 32.0 Å². The number of phosphoric acid groups is 1. The van der Waals surface area contributed by atoms with E-state index >= 15 is 0 Å². The molecule has 0 aromatic carbocycles. The van der Waals surface area contributed by atoms with E-state index in [9.17, 15) is 17.7 Å². The molecule has 0 saturated carbocycles. The maximum absolute atomic E-state index is 11.6. The molecule has 0 fully saturated rings. The zero-order chi connectivity index (χ0) is 8.41. The van der Waals surface area contributed by atoms with Gasteiger partial charge in [0.25, 0.3) is 0 Å². The molecule has 0 spiro atoms. The van der Waals surface area contributed by atoms with Crippen LogP contribution in [0.5, 0.6) is 0 Å². The zero-order valence-electron chi connectivity index (χ0n) is 4.50. The second-order valence-corrected chi connectivity index (χ2v) is 2.52. The lowest BCUT2D eigenvalue weighted by Gasteiger charge is -2.12. The summed E-state index contributed by atoms with van der Waals surface area (Å²) in [4.78, 5) is 15.5. The van der Waals surface area contributed by atoms with Crippen LogP contribution < -0.4 is 0 Å². The average Bonchev–Trinajstić information content (AvgIpc) is 1.60. The van der Waals surface area contributed by atoms with E-state index in [2.05, 4.69) is 4.52 Å². The van der Waals surface area contributed by atoms with Crippen LogP contribution in [0, 0.1) is 0 Å². The minimum atomic E-state index is -5.29. The van der Waals surface area contributed by atoms with E-state index < -0.39 is 20.6 Å². The quantitative estimate of drug-likeness (QED) is 0.626. The van der Waals surface area contributed by atoms with E-state index in [1.165, 1.54) is 0 Å². The Balaban J connectivity index is 4.02. The van der Waals surface area contributed by atoms with Gasteiger partial charge in [-0.2, -0.15) is 8.78 Å². The van der Waals surface area contributed by atoms with Crippen molar-refractivity contribution in [2.75, 3.05) is 6.67 Å². The van der Waals surface area contributed by atoms with Gasteiger partial charge in [0.15, 0.2) is 6.67 Å². The first kappa shape index (κ1) is 9.90. The van der Waals surface area contributed by atoms with Crippen molar-refractivity contribution in [1.82, 2.24) is 0 Å². The average molecular weight is 180 g/mol. The molecule has 0 bridgehead atoms. The molecule has 0 radical (unpaired) electrons. The highest BCUT2D eigenvalue weighted by Crippen LogP contribution is 2.42. The first-order valence-electron chi connectivity index (χ1n) is 1.97. The van der Waals surface area contributed by atoms with Crippen LogP contribution in [0.15, 0.2) is 0 Å². The highest BCUT2D eigenvalue weighted by atomic mass is 31.2. The monoisotopic (exact) mass is 180 g/mol. The van der Waals surface area contributed by atoms with Crippen LogP contribution in [0.4, 0.5) is 13.2 Å². The molecule has 0 heterocycles. The van der Waals surface area contributed by atoms with Crippen molar-refractivity contribution in [3.63, 3.8) is 0 Å². The number of phosphoric ester groups is 1. The van der Waals surface area contributed by atoms with Crippen molar-refractivity contribution in [3.8, 4) is 0 Å². The van der Waals surface area contributed by atoms with E-state index in [-0.39, 0.29) is 0 Å². The fourth-order valence-electron chi connectivity index (χ4n) is 0.198. The van der Waals surface area contributed by atoms with E-state index in [0.717, 1.165) is 0 Å². The van der Waals surface area contributed by atoms with E-state index in [0.29, 0.717) is 0 Å². The molecule has 0 unspecified atom stereocenters. The third-order valence-corrected chi connectivity index (χ3v) is 0.913. The summed E-state index contributed by atoms with van der Waals surface area (Å²) in [5.41, 5.74) is 0. The number of alkyl halides is 3. The van der Waals surface area contributed by atoms with Crippen LogP contribution in [0.25, 0.3) is 0 Å². The summed E-state index contributed by atoms with van der Waals surface area (Å²) in [5.74, 6) is 0. The number of rotatable bonds is 3. The molecule has 8 heteroatoms. The zero-order valence-corrected chi connectivity index (χ0v) is 5.39. The first-order chi connectivity index (χ1) is 4.27. The Morgan fingerprint density at radius 3 is 2.00 bits per heavy atom. The molecular weight excluding hydrogens is 176 g/mol. The van der Waals surface area contributed by atoms with Crippen LogP contribution in [-0.2, 0) is 9.09 Å². The van der Waals surface area contributed by atoms with Gasteiger partial charge in [0.05, 0.1) is 0 Å².